The average molecular weight is 206 g/mol. The molecule has 0 aliphatic rings. The van der Waals surface area contributed by atoms with E-state index in [2.05, 4.69) is 6.07 Å². The molecule has 0 nitrogen and oxygen atoms in total. The van der Waals surface area contributed by atoms with Crippen molar-refractivity contribution in [3.05, 3.63) is 59.4 Å². The molecule has 0 fully saturated rings. The molecule has 0 aromatic heterocycles. The van der Waals surface area contributed by atoms with Gasteiger partial charge in [-0.2, -0.15) is 0 Å². The van der Waals surface area contributed by atoms with Crippen molar-refractivity contribution >= 4 is 11.6 Å². The van der Waals surface area contributed by atoms with Crippen molar-refractivity contribution in [1.82, 2.24) is 0 Å². The Morgan fingerprint density at radius 3 is 2.50 bits per heavy atom. The minimum atomic E-state index is -0.392. The Morgan fingerprint density at radius 1 is 1.07 bits per heavy atom. The fourth-order valence-corrected chi connectivity index (χ4v) is 1.53. The van der Waals surface area contributed by atoms with Gasteiger partial charge in [0.05, 0.1) is 5.02 Å². The molecule has 69 valence electrons. The Labute approximate surface area is 87.0 Å². The van der Waals surface area contributed by atoms with Gasteiger partial charge in [-0.05, 0) is 17.7 Å². The SMILES string of the molecule is Fc1cccc(-c2cc[c]cc2)c1Cl. The molecule has 0 bridgehead atoms. The lowest BCUT2D eigenvalue weighted by Crippen LogP contribution is -1.82. The topological polar surface area (TPSA) is 0 Å². The third-order valence-corrected chi connectivity index (χ3v) is 2.36. The summed E-state index contributed by atoms with van der Waals surface area (Å²) in [5.41, 5.74) is 1.61. The monoisotopic (exact) mass is 205 g/mol. The van der Waals surface area contributed by atoms with Gasteiger partial charge in [-0.15, -0.1) is 0 Å². The number of hydrogen-bond acceptors (Lipinski definition) is 0. The standard InChI is InChI=1S/C12H7ClF/c13-12-10(7-4-8-11(12)14)9-5-2-1-3-6-9/h2-8H. The molecule has 0 aliphatic carbocycles. The van der Waals surface area contributed by atoms with Crippen LogP contribution in [-0.2, 0) is 0 Å². The summed E-state index contributed by atoms with van der Waals surface area (Å²) in [6.45, 7) is 0. The smallest absolute Gasteiger partial charge is 0.142 e. The van der Waals surface area contributed by atoms with E-state index in [1.54, 1.807) is 24.3 Å². The Balaban J connectivity index is 2.58. The third-order valence-electron chi connectivity index (χ3n) is 1.98. The first-order chi connectivity index (χ1) is 6.79. The second-order valence-electron chi connectivity index (χ2n) is 2.89. The summed E-state index contributed by atoms with van der Waals surface area (Å²) in [5.74, 6) is -0.392. The fraction of sp³-hybridized carbons (Fsp3) is 0. The molecular weight excluding hydrogens is 199 g/mol. The summed E-state index contributed by atoms with van der Waals surface area (Å²) in [4.78, 5) is 0. The lowest BCUT2D eigenvalue weighted by Gasteiger charge is -2.04. The van der Waals surface area contributed by atoms with Crippen LogP contribution in [0.2, 0.25) is 5.02 Å². The minimum Gasteiger partial charge on any atom is -0.205 e. The highest BCUT2D eigenvalue weighted by molar-refractivity contribution is 6.33. The van der Waals surface area contributed by atoms with Crippen molar-refractivity contribution < 1.29 is 4.39 Å². The molecule has 0 N–H and O–H groups in total. The molecule has 0 unspecified atom stereocenters. The molecule has 2 aromatic carbocycles. The second-order valence-corrected chi connectivity index (χ2v) is 3.27. The van der Waals surface area contributed by atoms with Gasteiger partial charge >= 0.3 is 0 Å². The van der Waals surface area contributed by atoms with Crippen molar-refractivity contribution in [3.8, 4) is 11.1 Å². The molecule has 0 spiro atoms. The zero-order valence-corrected chi connectivity index (χ0v) is 8.05. The van der Waals surface area contributed by atoms with Gasteiger partial charge in [0.15, 0.2) is 0 Å². The summed E-state index contributed by atoms with van der Waals surface area (Å²) >= 11 is 5.84. The van der Waals surface area contributed by atoms with Gasteiger partial charge in [-0.3, -0.25) is 0 Å². The number of halogens is 2. The Kier molecular flexibility index (Phi) is 2.51. The van der Waals surface area contributed by atoms with Crippen LogP contribution in [0.4, 0.5) is 4.39 Å². The molecule has 14 heavy (non-hydrogen) atoms. The molecule has 0 saturated carbocycles. The highest BCUT2D eigenvalue weighted by Gasteiger charge is 2.06. The zero-order valence-electron chi connectivity index (χ0n) is 7.30. The van der Waals surface area contributed by atoms with Crippen LogP contribution in [0.15, 0.2) is 42.5 Å². The van der Waals surface area contributed by atoms with Crippen LogP contribution < -0.4 is 0 Å². The van der Waals surface area contributed by atoms with E-state index in [0.29, 0.717) is 5.56 Å². The summed E-state index contributed by atoms with van der Waals surface area (Å²) in [7, 11) is 0. The van der Waals surface area contributed by atoms with Crippen LogP contribution in [0, 0.1) is 11.9 Å². The van der Waals surface area contributed by atoms with E-state index < -0.39 is 5.82 Å². The maximum atomic E-state index is 13.1. The van der Waals surface area contributed by atoms with Crippen LogP contribution in [-0.4, -0.2) is 0 Å². The maximum absolute atomic E-state index is 13.1. The molecule has 0 saturated heterocycles. The Morgan fingerprint density at radius 2 is 1.79 bits per heavy atom. The molecular formula is C12H7ClF. The predicted molar refractivity (Wildman–Crippen MR) is 55.7 cm³/mol. The van der Waals surface area contributed by atoms with Crippen molar-refractivity contribution in [1.29, 1.82) is 0 Å². The van der Waals surface area contributed by atoms with Gasteiger partial charge in [0.1, 0.15) is 5.82 Å². The molecule has 1 radical (unpaired) electrons. The molecule has 0 heterocycles. The van der Waals surface area contributed by atoms with Crippen LogP contribution in [0.1, 0.15) is 0 Å². The molecule has 2 rings (SSSR count). The highest BCUT2D eigenvalue weighted by atomic mass is 35.5. The van der Waals surface area contributed by atoms with E-state index in [4.69, 9.17) is 11.6 Å². The lowest BCUT2D eigenvalue weighted by atomic mass is 10.1. The van der Waals surface area contributed by atoms with Crippen molar-refractivity contribution in [3.63, 3.8) is 0 Å². The van der Waals surface area contributed by atoms with Crippen LogP contribution >= 0.6 is 11.6 Å². The minimum absolute atomic E-state index is 0.165. The van der Waals surface area contributed by atoms with Crippen LogP contribution in [0.25, 0.3) is 11.1 Å². The van der Waals surface area contributed by atoms with Gasteiger partial charge in [0.2, 0.25) is 0 Å². The molecule has 0 amide bonds. The van der Waals surface area contributed by atoms with Gasteiger partial charge in [0, 0.05) is 5.56 Å². The number of benzene rings is 2. The van der Waals surface area contributed by atoms with Gasteiger partial charge in [0.25, 0.3) is 0 Å². The first-order valence-electron chi connectivity index (χ1n) is 4.19. The third kappa shape index (κ3) is 1.64. The Hall–Kier alpha value is -1.34. The summed E-state index contributed by atoms with van der Waals surface area (Å²) in [6.07, 6.45) is 0. The average Bonchev–Trinajstić information content (AvgIpc) is 2.23. The van der Waals surface area contributed by atoms with Gasteiger partial charge in [-0.1, -0.05) is 48.0 Å². The van der Waals surface area contributed by atoms with E-state index >= 15 is 0 Å². The van der Waals surface area contributed by atoms with E-state index in [1.165, 1.54) is 6.07 Å². The van der Waals surface area contributed by atoms with Crippen molar-refractivity contribution in [2.45, 2.75) is 0 Å². The highest BCUT2D eigenvalue weighted by Crippen LogP contribution is 2.29. The first-order valence-corrected chi connectivity index (χ1v) is 4.57. The largest absolute Gasteiger partial charge is 0.205 e. The summed E-state index contributed by atoms with van der Waals surface area (Å²) in [5, 5.41) is 0.165. The van der Waals surface area contributed by atoms with E-state index in [1.807, 2.05) is 12.1 Å². The Bertz CT molecular complexity index is 437. The first kappa shape index (κ1) is 9.22. The quantitative estimate of drug-likeness (QED) is 0.662. The molecule has 2 aromatic rings. The second kappa shape index (κ2) is 3.81. The number of rotatable bonds is 1. The predicted octanol–water partition coefficient (Wildman–Crippen LogP) is 3.95. The molecule has 2 heteroatoms. The van der Waals surface area contributed by atoms with Gasteiger partial charge in [-0.25, -0.2) is 4.39 Å². The lowest BCUT2D eigenvalue weighted by molar-refractivity contribution is 0.629. The zero-order chi connectivity index (χ0) is 9.97. The fourth-order valence-electron chi connectivity index (χ4n) is 1.29. The summed E-state index contributed by atoms with van der Waals surface area (Å²) < 4.78 is 13.1. The normalized spacial score (nSPS) is 10.1. The van der Waals surface area contributed by atoms with E-state index in [-0.39, 0.29) is 5.02 Å². The maximum Gasteiger partial charge on any atom is 0.142 e. The van der Waals surface area contributed by atoms with E-state index in [0.717, 1.165) is 5.56 Å². The molecule has 0 aliphatic heterocycles. The van der Waals surface area contributed by atoms with E-state index in [9.17, 15) is 4.39 Å². The van der Waals surface area contributed by atoms with Crippen molar-refractivity contribution in [2.75, 3.05) is 0 Å². The van der Waals surface area contributed by atoms with Crippen molar-refractivity contribution in [2.24, 2.45) is 0 Å². The van der Waals surface area contributed by atoms with Crippen LogP contribution in [0.3, 0.4) is 0 Å². The molecule has 0 atom stereocenters. The number of hydrogen-bond donors (Lipinski definition) is 0. The summed E-state index contributed by atoms with van der Waals surface area (Å²) in [6, 6.07) is 14.9. The van der Waals surface area contributed by atoms with Gasteiger partial charge < -0.3 is 0 Å². The van der Waals surface area contributed by atoms with Crippen LogP contribution in [0.5, 0.6) is 0 Å².